The Morgan fingerprint density at radius 2 is 1.82 bits per heavy atom. The zero-order chi connectivity index (χ0) is 28.8. The third kappa shape index (κ3) is 4.97. The second-order valence-corrected chi connectivity index (χ2v) is 13.8. The minimum absolute atomic E-state index is 0.00164. The molecule has 1 aromatic rings. The van der Waals surface area contributed by atoms with Crippen LogP contribution < -0.4 is 9.47 Å². The van der Waals surface area contributed by atoms with E-state index in [0.29, 0.717) is 18.6 Å². The molecule has 3 fully saturated rings. The summed E-state index contributed by atoms with van der Waals surface area (Å²) in [7, 11) is 1.81. The van der Waals surface area contributed by atoms with Crippen LogP contribution >= 0.6 is 15.9 Å². The first-order valence-corrected chi connectivity index (χ1v) is 16.8. The Kier molecular flexibility index (Phi) is 9.43. The van der Waals surface area contributed by atoms with Gasteiger partial charge in [-0.2, -0.15) is 0 Å². The first-order chi connectivity index (χ1) is 18.6. The second kappa shape index (κ2) is 11.8. The van der Waals surface area contributed by atoms with Gasteiger partial charge in [0.25, 0.3) is 0 Å². The molecule has 3 aliphatic carbocycles. The highest BCUT2D eigenvalue weighted by Gasteiger charge is 2.70. The molecular weight excluding hydrogens is 554 g/mol. The van der Waals surface area contributed by atoms with Crippen molar-refractivity contribution in [2.24, 2.45) is 23.2 Å². The molecule has 2 saturated carbocycles. The lowest BCUT2D eigenvalue weighted by molar-refractivity contribution is -0.206. The van der Waals surface area contributed by atoms with Crippen LogP contribution in [0.25, 0.3) is 0 Å². The number of methoxy groups -OCH3 is 1. The summed E-state index contributed by atoms with van der Waals surface area (Å²) in [5.74, 6) is 3.14. The largest absolute Gasteiger partial charge is 0.489 e. The van der Waals surface area contributed by atoms with Crippen molar-refractivity contribution < 1.29 is 19.3 Å². The molecule has 6 rings (SSSR count). The molecule has 1 aromatic carbocycles. The summed E-state index contributed by atoms with van der Waals surface area (Å²) in [6.45, 7) is 19.5. The molecule has 1 spiro atoms. The van der Waals surface area contributed by atoms with Gasteiger partial charge in [0.05, 0.1) is 12.2 Å². The summed E-state index contributed by atoms with van der Waals surface area (Å²) in [5.41, 5.74) is 1.63. The normalized spacial score (nSPS) is 33.9. The molecule has 5 aliphatic rings. The summed E-state index contributed by atoms with van der Waals surface area (Å²) in [6.07, 6.45) is 5.63. The molecule has 222 valence electrons. The van der Waals surface area contributed by atoms with Crippen molar-refractivity contribution in [1.29, 1.82) is 0 Å². The van der Waals surface area contributed by atoms with Gasteiger partial charge in [-0.25, -0.2) is 0 Å². The van der Waals surface area contributed by atoms with Gasteiger partial charge in [-0.1, -0.05) is 70.5 Å². The Bertz CT molecular complexity index is 987. The van der Waals surface area contributed by atoms with E-state index in [4.69, 9.17) is 14.2 Å². The maximum atomic E-state index is 12.0. The fourth-order valence-corrected chi connectivity index (χ4v) is 8.24. The van der Waals surface area contributed by atoms with Crippen LogP contribution in [-0.4, -0.2) is 66.0 Å². The van der Waals surface area contributed by atoms with Gasteiger partial charge in [-0.05, 0) is 74.5 Å². The van der Waals surface area contributed by atoms with Crippen LogP contribution in [0.3, 0.4) is 0 Å². The predicted octanol–water partition coefficient (Wildman–Crippen LogP) is 7.00. The molecule has 2 aliphatic heterocycles. The summed E-state index contributed by atoms with van der Waals surface area (Å²) in [4.78, 5) is 2.80. The van der Waals surface area contributed by atoms with Gasteiger partial charge in [0, 0.05) is 41.9 Å². The van der Waals surface area contributed by atoms with Crippen molar-refractivity contribution in [1.82, 2.24) is 4.90 Å². The van der Waals surface area contributed by atoms with E-state index in [9.17, 15) is 5.11 Å². The fraction of sp³-hybridized carbons (Fsp3) is 0.818. The zero-order valence-corrected chi connectivity index (χ0v) is 27.6. The number of benzene rings is 1. The monoisotopic (exact) mass is 607 g/mol. The van der Waals surface area contributed by atoms with Crippen LogP contribution in [0.15, 0.2) is 12.1 Å². The molecule has 7 atom stereocenters. The number of alkyl halides is 1. The summed E-state index contributed by atoms with van der Waals surface area (Å²) >= 11 is 3.51. The van der Waals surface area contributed by atoms with Gasteiger partial charge in [0.1, 0.15) is 12.2 Å². The van der Waals surface area contributed by atoms with E-state index >= 15 is 0 Å². The number of halogens is 1. The quantitative estimate of drug-likeness (QED) is 0.338. The third-order valence-electron chi connectivity index (χ3n) is 10.5. The van der Waals surface area contributed by atoms with Crippen LogP contribution in [0.2, 0.25) is 0 Å². The van der Waals surface area contributed by atoms with Crippen LogP contribution in [0, 0.1) is 23.2 Å². The number of piperidine rings is 1. The van der Waals surface area contributed by atoms with Gasteiger partial charge in [-0.15, -0.1) is 0 Å². The molecule has 2 heterocycles. The van der Waals surface area contributed by atoms with Crippen molar-refractivity contribution in [3.05, 3.63) is 23.3 Å². The van der Waals surface area contributed by atoms with E-state index in [1.165, 1.54) is 30.5 Å². The van der Waals surface area contributed by atoms with Crippen molar-refractivity contribution in [2.45, 2.75) is 117 Å². The van der Waals surface area contributed by atoms with E-state index in [1.807, 2.05) is 41.7 Å². The topological polar surface area (TPSA) is 51.2 Å². The van der Waals surface area contributed by atoms with Crippen LogP contribution in [0.5, 0.6) is 11.5 Å². The number of ether oxygens (including phenoxy) is 3. The number of likely N-dealkylation sites (tertiary alicyclic amines) is 1. The predicted molar refractivity (Wildman–Crippen MR) is 163 cm³/mol. The number of hydrogen-bond acceptors (Lipinski definition) is 5. The maximum absolute atomic E-state index is 12.0. The average molecular weight is 609 g/mol. The van der Waals surface area contributed by atoms with E-state index in [-0.39, 0.29) is 29.0 Å². The van der Waals surface area contributed by atoms with Crippen molar-refractivity contribution >= 4 is 15.9 Å². The molecule has 0 radical (unpaired) electrons. The number of nitrogens with zero attached hydrogens (tertiary/aromatic N) is 1. The SMILES string of the molecule is CC.CC.CO[C@H]1[C@H]2Oc3c(OCCBr)ccc4c3[C@@]23CCN(CC2CC2)[C@H](C4)C3C[C@@H]1[C@](C)(O)C(C)(C)C. The number of hydrogen-bond donors (Lipinski definition) is 1. The third-order valence-corrected chi connectivity index (χ3v) is 10.8. The first kappa shape index (κ1) is 31.1. The minimum Gasteiger partial charge on any atom is -0.489 e. The Morgan fingerprint density at radius 3 is 2.41 bits per heavy atom. The lowest BCUT2D eigenvalue weighted by Gasteiger charge is -2.63. The van der Waals surface area contributed by atoms with Crippen molar-refractivity contribution in [3.63, 3.8) is 0 Å². The highest BCUT2D eigenvalue weighted by Crippen LogP contribution is 2.66. The zero-order valence-electron chi connectivity index (χ0n) is 26.0. The Labute approximate surface area is 246 Å². The van der Waals surface area contributed by atoms with Gasteiger partial charge in [0.15, 0.2) is 11.5 Å². The summed E-state index contributed by atoms with van der Waals surface area (Å²) in [6, 6.07) is 4.93. The van der Waals surface area contributed by atoms with Gasteiger partial charge in [0.2, 0.25) is 0 Å². The molecule has 0 amide bonds. The smallest absolute Gasteiger partial charge is 0.165 e. The average Bonchev–Trinajstić information content (AvgIpc) is 3.68. The lowest BCUT2D eigenvalue weighted by Crippen LogP contribution is -2.71. The maximum Gasteiger partial charge on any atom is 0.165 e. The Morgan fingerprint density at radius 1 is 1.13 bits per heavy atom. The molecule has 1 unspecified atom stereocenters. The first-order valence-electron chi connectivity index (χ1n) is 15.6. The molecule has 6 heteroatoms. The highest BCUT2D eigenvalue weighted by atomic mass is 79.9. The molecule has 39 heavy (non-hydrogen) atoms. The van der Waals surface area contributed by atoms with E-state index in [0.717, 1.165) is 48.6 Å². The van der Waals surface area contributed by atoms with E-state index in [2.05, 4.69) is 53.7 Å². The summed E-state index contributed by atoms with van der Waals surface area (Å²) in [5, 5.41) is 12.8. The standard InChI is InChI=1S/C29H42BrNO4.2C2H6/c1-27(2,3)28(4,32)20-15-19-21-14-18-8-9-22(34-13-11-30)25-23(18)29(19,26(35-25)24(20)33-5)10-12-31(21)16-17-6-7-17;2*1-2/h8-9,17,19-21,24,26,32H,6-7,10-16H2,1-5H3;2*1-2H3/t19?,20-,21+,24+,26+,28-,29-;;/m0../s1. The van der Waals surface area contributed by atoms with Crippen LogP contribution in [0.4, 0.5) is 0 Å². The van der Waals surface area contributed by atoms with Gasteiger partial charge < -0.3 is 19.3 Å². The Hall–Kier alpha value is -0.820. The second-order valence-electron chi connectivity index (χ2n) is 13.0. The van der Waals surface area contributed by atoms with Gasteiger partial charge in [-0.3, -0.25) is 4.90 Å². The number of rotatable bonds is 7. The molecule has 1 saturated heterocycles. The van der Waals surface area contributed by atoms with E-state index < -0.39 is 5.60 Å². The van der Waals surface area contributed by atoms with Crippen molar-refractivity contribution in [2.75, 3.05) is 32.1 Å². The molecular formula is C33H54BrNO4. The van der Waals surface area contributed by atoms with Crippen molar-refractivity contribution in [3.8, 4) is 11.5 Å². The van der Waals surface area contributed by atoms with Crippen LogP contribution in [-0.2, 0) is 16.6 Å². The Balaban J connectivity index is 0.000000845. The van der Waals surface area contributed by atoms with E-state index in [1.54, 1.807) is 0 Å². The lowest BCUT2D eigenvalue weighted by atomic mass is 9.47. The molecule has 5 nitrogen and oxygen atoms in total. The minimum atomic E-state index is -0.876. The fourth-order valence-electron chi connectivity index (χ4n) is 8.07. The highest BCUT2D eigenvalue weighted by molar-refractivity contribution is 9.09. The molecule has 0 aromatic heterocycles. The molecule has 2 bridgehead atoms. The molecule has 1 N–H and O–H groups in total. The number of aliphatic hydroxyl groups is 1. The summed E-state index contributed by atoms with van der Waals surface area (Å²) < 4.78 is 19.5. The van der Waals surface area contributed by atoms with Gasteiger partial charge >= 0.3 is 0 Å². The van der Waals surface area contributed by atoms with Crippen LogP contribution in [0.1, 0.15) is 92.2 Å².